The largest absolute Gasteiger partial charge is 0.417 e. The summed E-state index contributed by atoms with van der Waals surface area (Å²) >= 11 is 0. The maximum atomic E-state index is 11.9. The molecule has 0 spiro atoms. The van der Waals surface area contributed by atoms with E-state index in [1.807, 2.05) is 18.2 Å². The van der Waals surface area contributed by atoms with Crippen molar-refractivity contribution in [2.45, 2.75) is 0 Å². The molecule has 3 rings (SSSR count). The monoisotopic (exact) mass is 373 g/mol. The second-order valence-corrected chi connectivity index (χ2v) is 5.89. The number of aliphatic imine (C=N–C) groups is 1. The summed E-state index contributed by atoms with van der Waals surface area (Å²) in [6.07, 6.45) is 1.11. The minimum Gasteiger partial charge on any atom is -0.410 e. The molecule has 0 fully saturated rings. The molecular weight excluding hydrogens is 354 g/mol. The number of hydrogen-bond acceptors (Lipinski definition) is 5. The van der Waals surface area contributed by atoms with E-state index >= 15 is 0 Å². The van der Waals surface area contributed by atoms with E-state index in [9.17, 15) is 9.59 Å². The maximum Gasteiger partial charge on any atom is 0.417 e. The molecule has 0 radical (unpaired) electrons. The van der Waals surface area contributed by atoms with E-state index in [1.54, 1.807) is 66.9 Å². The first-order valence-corrected chi connectivity index (χ1v) is 8.65. The molecule has 3 N–H and O–H groups in total. The number of rotatable bonds is 6. The first-order valence-electron chi connectivity index (χ1n) is 8.65. The first-order chi connectivity index (χ1) is 13.6. The van der Waals surface area contributed by atoms with E-state index < -0.39 is 6.09 Å². The predicted octanol–water partition coefficient (Wildman–Crippen LogP) is 4.19. The number of carbonyl (C=O) groups is 2. The van der Waals surface area contributed by atoms with E-state index in [4.69, 9.17) is 10.5 Å². The normalized spacial score (nSPS) is 10.6. The number of amides is 1. The lowest BCUT2D eigenvalue weighted by Crippen LogP contribution is -2.16. The van der Waals surface area contributed by atoms with Crippen LogP contribution in [0.5, 0.6) is 5.75 Å². The number of hydrogen-bond donors (Lipinski definition) is 2. The number of nitrogens with zero attached hydrogens (tertiary/aromatic N) is 1. The van der Waals surface area contributed by atoms with Gasteiger partial charge in [-0.25, -0.2) is 4.79 Å². The van der Waals surface area contributed by atoms with Crippen LogP contribution in [-0.4, -0.2) is 24.6 Å². The number of anilines is 1. The average Bonchev–Trinajstić information content (AvgIpc) is 2.73. The van der Waals surface area contributed by atoms with E-state index in [0.29, 0.717) is 22.7 Å². The van der Waals surface area contributed by atoms with Gasteiger partial charge in [-0.3, -0.25) is 15.1 Å². The number of nitrogens with two attached hydrogens (primary N) is 1. The predicted molar refractivity (Wildman–Crippen MR) is 110 cm³/mol. The van der Waals surface area contributed by atoms with Gasteiger partial charge in [-0.05, 0) is 54.1 Å². The summed E-state index contributed by atoms with van der Waals surface area (Å²) in [5.74, 6) is 0.286. The van der Waals surface area contributed by atoms with Crippen LogP contribution in [0.1, 0.15) is 15.9 Å². The van der Waals surface area contributed by atoms with Gasteiger partial charge in [0.05, 0.1) is 12.2 Å². The minimum absolute atomic E-state index is 0.0352. The SMILES string of the molecule is NCC(=O)c1cccc(N=Cc2ccc(OC(=O)Nc3ccccc3)cc2)c1. The molecule has 0 bridgehead atoms. The molecule has 3 aromatic carbocycles. The van der Waals surface area contributed by atoms with Gasteiger partial charge in [0.15, 0.2) is 5.78 Å². The molecule has 3 aromatic rings. The Morgan fingerprint density at radius 2 is 1.71 bits per heavy atom. The van der Waals surface area contributed by atoms with Crippen molar-refractivity contribution in [1.82, 2.24) is 0 Å². The van der Waals surface area contributed by atoms with Crippen molar-refractivity contribution in [3.63, 3.8) is 0 Å². The van der Waals surface area contributed by atoms with E-state index in [-0.39, 0.29) is 12.3 Å². The molecule has 0 saturated carbocycles. The van der Waals surface area contributed by atoms with Crippen LogP contribution in [0.15, 0.2) is 83.9 Å². The topological polar surface area (TPSA) is 93.8 Å². The number of nitrogens with one attached hydrogen (secondary N) is 1. The molecular formula is C22H19N3O3. The van der Waals surface area contributed by atoms with Crippen molar-refractivity contribution in [3.05, 3.63) is 90.0 Å². The second kappa shape index (κ2) is 9.25. The highest BCUT2D eigenvalue weighted by molar-refractivity contribution is 5.98. The molecule has 0 atom stereocenters. The van der Waals surface area contributed by atoms with Crippen molar-refractivity contribution in [2.24, 2.45) is 10.7 Å². The number of para-hydroxylation sites is 1. The quantitative estimate of drug-likeness (QED) is 0.500. The molecule has 0 aromatic heterocycles. The van der Waals surface area contributed by atoms with Crippen LogP contribution in [0.25, 0.3) is 0 Å². The number of ether oxygens (including phenoxy) is 1. The maximum absolute atomic E-state index is 11.9. The van der Waals surface area contributed by atoms with Crippen molar-refractivity contribution in [2.75, 3.05) is 11.9 Å². The first kappa shape index (κ1) is 19.0. The van der Waals surface area contributed by atoms with Gasteiger partial charge in [-0.2, -0.15) is 0 Å². The van der Waals surface area contributed by atoms with Crippen LogP contribution in [0.3, 0.4) is 0 Å². The van der Waals surface area contributed by atoms with Crippen molar-refractivity contribution < 1.29 is 14.3 Å². The molecule has 6 heteroatoms. The fourth-order valence-corrected chi connectivity index (χ4v) is 2.42. The van der Waals surface area contributed by atoms with Gasteiger partial charge >= 0.3 is 6.09 Å². The Morgan fingerprint density at radius 3 is 2.43 bits per heavy atom. The van der Waals surface area contributed by atoms with Crippen LogP contribution in [-0.2, 0) is 0 Å². The van der Waals surface area contributed by atoms with Crippen LogP contribution < -0.4 is 15.8 Å². The van der Waals surface area contributed by atoms with Crippen LogP contribution in [0.4, 0.5) is 16.2 Å². The molecule has 0 aliphatic heterocycles. The zero-order valence-electron chi connectivity index (χ0n) is 15.0. The van der Waals surface area contributed by atoms with Crippen molar-refractivity contribution >= 4 is 29.5 Å². The molecule has 0 aliphatic rings. The molecule has 140 valence electrons. The second-order valence-electron chi connectivity index (χ2n) is 5.89. The van der Waals surface area contributed by atoms with Crippen molar-refractivity contribution in [1.29, 1.82) is 0 Å². The Labute approximate surface area is 162 Å². The van der Waals surface area contributed by atoms with Crippen LogP contribution in [0, 0.1) is 0 Å². The molecule has 0 aliphatic carbocycles. The number of ketones is 1. The van der Waals surface area contributed by atoms with Gasteiger partial charge in [0, 0.05) is 17.5 Å². The zero-order chi connectivity index (χ0) is 19.8. The standard InChI is InChI=1S/C22H19N3O3/c23-14-21(26)17-5-4-8-19(13-17)24-15-16-9-11-20(12-10-16)28-22(27)25-18-6-2-1-3-7-18/h1-13,15H,14,23H2,(H,25,27). The highest BCUT2D eigenvalue weighted by Gasteiger charge is 2.05. The van der Waals surface area contributed by atoms with Gasteiger partial charge in [-0.1, -0.05) is 30.3 Å². The summed E-state index contributed by atoms with van der Waals surface area (Å²) < 4.78 is 5.25. The summed E-state index contributed by atoms with van der Waals surface area (Å²) in [5, 5.41) is 2.65. The van der Waals surface area contributed by atoms with Crippen molar-refractivity contribution in [3.8, 4) is 5.75 Å². The van der Waals surface area contributed by atoms with Gasteiger partial charge in [0.2, 0.25) is 0 Å². The van der Waals surface area contributed by atoms with E-state index in [2.05, 4.69) is 10.3 Å². The Kier molecular flexibility index (Phi) is 6.28. The average molecular weight is 373 g/mol. The Bertz CT molecular complexity index is 983. The fourth-order valence-electron chi connectivity index (χ4n) is 2.42. The van der Waals surface area contributed by atoms with Gasteiger partial charge in [0.1, 0.15) is 5.75 Å². The highest BCUT2D eigenvalue weighted by Crippen LogP contribution is 2.16. The summed E-state index contributed by atoms with van der Waals surface area (Å²) in [6, 6.07) is 23.0. The lowest BCUT2D eigenvalue weighted by Gasteiger charge is -2.06. The third kappa shape index (κ3) is 5.36. The molecule has 0 saturated heterocycles. The highest BCUT2D eigenvalue weighted by atomic mass is 16.6. The number of carbonyl (C=O) groups excluding carboxylic acids is 2. The third-order valence-corrected chi connectivity index (χ3v) is 3.83. The Morgan fingerprint density at radius 1 is 0.964 bits per heavy atom. The molecule has 0 unspecified atom stereocenters. The minimum atomic E-state index is -0.561. The van der Waals surface area contributed by atoms with Gasteiger partial charge in [-0.15, -0.1) is 0 Å². The van der Waals surface area contributed by atoms with Gasteiger partial charge < -0.3 is 10.5 Å². The summed E-state index contributed by atoms with van der Waals surface area (Å²) in [5.41, 5.74) is 8.05. The van der Waals surface area contributed by atoms with Gasteiger partial charge in [0.25, 0.3) is 0 Å². The molecule has 0 heterocycles. The summed E-state index contributed by atoms with van der Waals surface area (Å²) in [4.78, 5) is 27.9. The summed E-state index contributed by atoms with van der Waals surface area (Å²) in [7, 11) is 0. The van der Waals surface area contributed by atoms with Crippen LogP contribution in [0.2, 0.25) is 0 Å². The molecule has 28 heavy (non-hydrogen) atoms. The Balaban J connectivity index is 1.60. The smallest absolute Gasteiger partial charge is 0.410 e. The molecule has 1 amide bonds. The van der Waals surface area contributed by atoms with E-state index in [1.165, 1.54) is 0 Å². The van der Waals surface area contributed by atoms with E-state index in [0.717, 1.165) is 5.56 Å². The number of Topliss-reactive ketones (excluding diaryl/α,β-unsaturated/α-hetero) is 1. The zero-order valence-corrected chi connectivity index (χ0v) is 15.0. The lowest BCUT2D eigenvalue weighted by molar-refractivity contribution is 0.100. The molecule has 6 nitrogen and oxygen atoms in total. The van der Waals surface area contributed by atoms with Crippen LogP contribution >= 0.6 is 0 Å². The summed E-state index contributed by atoms with van der Waals surface area (Å²) in [6.45, 7) is -0.0352. The Hall–Kier alpha value is -3.77. The third-order valence-electron chi connectivity index (χ3n) is 3.83. The number of benzene rings is 3. The fraction of sp³-hybridized carbons (Fsp3) is 0.0455. The lowest BCUT2D eigenvalue weighted by atomic mass is 10.1.